The van der Waals surface area contributed by atoms with Crippen LogP contribution in [0.25, 0.3) is 0 Å². The molecule has 0 aliphatic carbocycles. The first-order valence-corrected chi connectivity index (χ1v) is 6.87. The fourth-order valence-electron chi connectivity index (χ4n) is 3.07. The first-order valence-electron chi connectivity index (χ1n) is 6.87. The molecule has 3 unspecified atom stereocenters. The summed E-state index contributed by atoms with van der Waals surface area (Å²) in [7, 11) is 4.20. The number of rotatable bonds is 3. The Labute approximate surface area is 115 Å². The van der Waals surface area contributed by atoms with E-state index in [1.165, 1.54) is 6.07 Å². The van der Waals surface area contributed by atoms with Gasteiger partial charge in [-0.2, -0.15) is 0 Å². The fraction of sp³-hybridized carbons (Fsp3) is 0.600. The maximum absolute atomic E-state index is 14.0. The van der Waals surface area contributed by atoms with Gasteiger partial charge in [0, 0.05) is 36.4 Å². The van der Waals surface area contributed by atoms with Crippen LogP contribution < -0.4 is 10.6 Å². The van der Waals surface area contributed by atoms with Crippen LogP contribution in [0, 0.1) is 11.7 Å². The van der Waals surface area contributed by atoms with E-state index in [2.05, 4.69) is 30.8 Å². The SMILES string of the molecule is CC(N)c1c(F)cccc1N1CC(C)C(N(C)C)C1. The molecule has 0 aromatic heterocycles. The standard InChI is InChI=1S/C15H24FN3/c1-10-8-19(9-14(10)18(3)4)13-7-5-6-12(16)15(13)11(2)17/h5-7,10-11,14H,8-9,17H2,1-4H3. The zero-order valence-electron chi connectivity index (χ0n) is 12.2. The molecule has 1 aliphatic heterocycles. The Morgan fingerprint density at radius 2 is 2.05 bits per heavy atom. The lowest BCUT2D eigenvalue weighted by Crippen LogP contribution is -2.34. The first kappa shape index (κ1) is 14.3. The number of nitrogens with two attached hydrogens (primary N) is 1. The van der Waals surface area contributed by atoms with Crippen molar-refractivity contribution >= 4 is 5.69 Å². The van der Waals surface area contributed by atoms with Crippen LogP contribution in [0.15, 0.2) is 18.2 Å². The second kappa shape index (κ2) is 5.47. The summed E-state index contributed by atoms with van der Waals surface area (Å²) in [5.74, 6) is 0.368. The molecule has 1 aromatic rings. The molecular formula is C15H24FN3. The molecule has 2 N–H and O–H groups in total. The Morgan fingerprint density at radius 1 is 1.37 bits per heavy atom. The van der Waals surface area contributed by atoms with Crippen LogP contribution in [-0.2, 0) is 0 Å². The summed E-state index contributed by atoms with van der Waals surface area (Å²) in [6.07, 6.45) is 0. The van der Waals surface area contributed by atoms with Crippen LogP contribution in [0.1, 0.15) is 25.5 Å². The largest absolute Gasteiger partial charge is 0.369 e. The van der Waals surface area contributed by atoms with Crippen LogP contribution in [0.5, 0.6) is 0 Å². The van der Waals surface area contributed by atoms with Gasteiger partial charge in [0.25, 0.3) is 0 Å². The molecule has 1 aromatic carbocycles. The fourth-order valence-corrected chi connectivity index (χ4v) is 3.07. The summed E-state index contributed by atoms with van der Waals surface area (Å²) in [6.45, 7) is 5.96. The lowest BCUT2D eigenvalue weighted by molar-refractivity contribution is 0.266. The molecule has 0 saturated carbocycles. The number of hydrogen-bond acceptors (Lipinski definition) is 3. The maximum Gasteiger partial charge on any atom is 0.130 e. The molecule has 1 aliphatic rings. The second-order valence-electron chi connectivity index (χ2n) is 5.87. The number of benzene rings is 1. The van der Waals surface area contributed by atoms with Crippen molar-refractivity contribution < 1.29 is 4.39 Å². The summed E-state index contributed by atoms with van der Waals surface area (Å²) in [5, 5.41) is 0. The molecule has 4 heteroatoms. The van der Waals surface area contributed by atoms with Crippen LogP contribution in [0.3, 0.4) is 0 Å². The van der Waals surface area contributed by atoms with E-state index in [-0.39, 0.29) is 11.9 Å². The summed E-state index contributed by atoms with van der Waals surface area (Å²) in [5.41, 5.74) is 7.52. The third kappa shape index (κ3) is 2.74. The van der Waals surface area contributed by atoms with Gasteiger partial charge in [-0.25, -0.2) is 4.39 Å². The highest BCUT2D eigenvalue weighted by molar-refractivity contribution is 5.56. The molecule has 0 radical (unpaired) electrons. The molecule has 1 saturated heterocycles. The smallest absolute Gasteiger partial charge is 0.130 e. The topological polar surface area (TPSA) is 32.5 Å². The summed E-state index contributed by atoms with van der Waals surface area (Å²) in [6, 6.07) is 5.45. The van der Waals surface area contributed by atoms with Crippen LogP contribution in [0.2, 0.25) is 0 Å². The van der Waals surface area contributed by atoms with E-state index in [9.17, 15) is 4.39 Å². The molecule has 0 bridgehead atoms. The molecule has 1 heterocycles. The summed E-state index contributed by atoms with van der Waals surface area (Å²) in [4.78, 5) is 4.51. The van der Waals surface area contributed by atoms with E-state index in [4.69, 9.17) is 5.73 Å². The van der Waals surface area contributed by atoms with Gasteiger partial charge in [-0.05, 0) is 39.1 Å². The van der Waals surface area contributed by atoms with E-state index < -0.39 is 0 Å². The van der Waals surface area contributed by atoms with Crippen LogP contribution in [-0.4, -0.2) is 38.1 Å². The third-order valence-electron chi connectivity index (χ3n) is 4.06. The minimum absolute atomic E-state index is 0.201. The summed E-state index contributed by atoms with van der Waals surface area (Å²) >= 11 is 0. The quantitative estimate of drug-likeness (QED) is 0.909. The van der Waals surface area contributed by atoms with Crippen LogP contribution >= 0.6 is 0 Å². The molecule has 1 fully saturated rings. The average Bonchev–Trinajstić information content (AvgIpc) is 2.70. The minimum atomic E-state index is -0.287. The van der Waals surface area contributed by atoms with Crippen molar-refractivity contribution in [2.24, 2.45) is 11.7 Å². The molecule has 3 atom stereocenters. The zero-order chi connectivity index (χ0) is 14.2. The van der Waals surface area contributed by atoms with E-state index in [1.807, 2.05) is 13.0 Å². The van der Waals surface area contributed by atoms with Gasteiger partial charge in [-0.15, -0.1) is 0 Å². The Bertz CT molecular complexity index is 445. The van der Waals surface area contributed by atoms with E-state index in [1.54, 1.807) is 6.07 Å². The number of anilines is 1. The number of halogens is 1. The van der Waals surface area contributed by atoms with Gasteiger partial charge in [0.1, 0.15) is 5.82 Å². The minimum Gasteiger partial charge on any atom is -0.369 e. The molecule has 3 nitrogen and oxygen atoms in total. The van der Waals surface area contributed by atoms with Gasteiger partial charge in [0.05, 0.1) is 0 Å². The van der Waals surface area contributed by atoms with Gasteiger partial charge < -0.3 is 15.5 Å². The number of hydrogen-bond donors (Lipinski definition) is 1. The zero-order valence-corrected chi connectivity index (χ0v) is 12.2. The maximum atomic E-state index is 14.0. The van der Waals surface area contributed by atoms with Crippen molar-refractivity contribution in [2.75, 3.05) is 32.1 Å². The lowest BCUT2D eigenvalue weighted by atomic mass is 10.1. The van der Waals surface area contributed by atoms with Gasteiger partial charge in [0.15, 0.2) is 0 Å². The van der Waals surface area contributed by atoms with E-state index in [0.29, 0.717) is 17.5 Å². The molecule has 2 rings (SSSR count). The number of likely N-dealkylation sites (N-methyl/N-ethyl adjacent to an activating group) is 1. The highest BCUT2D eigenvalue weighted by Crippen LogP contribution is 2.32. The van der Waals surface area contributed by atoms with Crippen LogP contribution in [0.4, 0.5) is 10.1 Å². The van der Waals surface area contributed by atoms with E-state index in [0.717, 1.165) is 18.8 Å². The lowest BCUT2D eigenvalue weighted by Gasteiger charge is -2.25. The highest BCUT2D eigenvalue weighted by Gasteiger charge is 2.32. The normalized spacial score (nSPS) is 25.1. The predicted octanol–water partition coefficient (Wildman–Crippen LogP) is 2.23. The van der Waals surface area contributed by atoms with Gasteiger partial charge in [0.2, 0.25) is 0 Å². The van der Waals surface area contributed by atoms with Crippen molar-refractivity contribution in [3.8, 4) is 0 Å². The number of nitrogens with zero attached hydrogens (tertiary/aromatic N) is 2. The third-order valence-corrected chi connectivity index (χ3v) is 4.06. The second-order valence-corrected chi connectivity index (χ2v) is 5.87. The first-order chi connectivity index (χ1) is 8.91. The van der Waals surface area contributed by atoms with Crippen molar-refractivity contribution in [1.82, 2.24) is 4.90 Å². The molecular weight excluding hydrogens is 241 g/mol. The summed E-state index contributed by atoms with van der Waals surface area (Å²) < 4.78 is 14.0. The van der Waals surface area contributed by atoms with Gasteiger partial charge in [-0.3, -0.25) is 0 Å². The van der Waals surface area contributed by atoms with E-state index >= 15 is 0 Å². The Hall–Kier alpha value is -1.13. The molecule has 0 spiro atoms. The van der Waals surface area contributed by atoms with Crippen molar-refractivity contribution in [2.45, 2.75) is 25.9 Å². The van der Waals surface area contributed by atoms with Gasteiger partial charge in [-0.1, -0.05) is 13.0 Å². The van der Waals surface area contributed by atoms with Crippen molar-refractivity contribution in [1.29, 1.82) is 0 Å². The Balaban J connectivity index is 2.31. The highest BCUT2D eigenvalue weighted by atomic mass is 19.1. The molecule has 19 heavy (non-hydrogen) atoms. The van der Waals surface area contributed by atoms with Crippen molar-refractivity contribution in [3.63, 3.8) is 0 Å². The monoisotopic (exact) mass is 265 g/mol. The average molecular weight is 265 g/mol. The Morgan fingerprint density at radius 3 is 2.58 bits per heavy atom. The Kier molecular flexibility index (Phi) is 4.11. The van der Waals surface area contributed by atoms with Gasteiger partial charge >= 0.3 is 0 Å². The molecule has 106 valence electrons. The van der Waals surface area contributed by atoms with Crippen molar-refractivity contribution in [3.05, 3.63) is 29.6 Å². The predicted molar refractivity (Wildman–Crippen MR) is 77.9 cm³/mol. The molecule has 0 amide bonds.